The highest BCUT2D eigenvalue weighted by Crippen LogP contribution is 2.30. The normalized spacial score (nSPS) is 10.6. The van der Waals surface area contributed by atoms with Crippen molar-refractivity contribution in [3.05, 3.63) is 59.7 Å². The quantitative estimate of drug-likeness (QED) is 0.640. The van der Waals surface area contributed by atoms with Crippen LogP contribution in [-0.2, 0) is 0 Å². The average Bonchev–Trinajstić information content (AvgIpc) is 3.15. The maximum absolute atomic E-state index is 13.0. The molecule has 134 valence electrons. The van der Waals surface area contributed by atoms with Crippen molar-refractivity contribution in [3.63, 3.8) is 0 Å². The molecule has 1 heterocycles. The van der Waals surface area contributed by atoms with Gasteiger partial charge in [0, 0.05) is 17.7 Å². The minimum atomic E-state index is -0.0994. The van der Waals surface area contributed by atoms with Gasteiger partial charge in [0.25, 0.3) is 5.91 Å². The van der Waals surface area contributed by atoms with E-state index in [1.54, 1.807) is 24.1 Å². The molecule has 0 atom stereocenters. The first-order chi connectivity index (χ1) is 12.6. The second-order valence-corrected chi connectivity index (χ2v) is 6.90. The van der Waals surface area contributed by atoms with E-state index in [2.05, 4.69) is 16.3 Å². The number of rotatable bonds is 6. The fourth-order valence-corrected chi connectivity index (χ4v) is 3.50. The predicted octanol–water partition coefficient (Wildman–Crippen LogP) is 4.58. The topological polar surface area (TPSA) is 55.3 Å². The molecule has 1 amide bonds. The van der Waals surface area contributed by atoms with Crippen molar-refractivity contribution in [3.8, 4) is 16.3 Å². The van der Waals surface area contributed by atoms with Gasteiger partial charge in [-0.25, -0.2) is 0 Å². The van der Waals surface area contributed by atoms with Gasteiger partial charge in [-0.15, -0.1) is 10.2 Å². The number of carbonyl (C=O) groups excluding carboxylic acids is 1. The Morgan fingerprint density at radius 2 is 1.96 bits per heavy atom. The molecular formula is C20H21N3O2S. The number of amides is 1. The van der Waals surface area contributed by atoms with Gasteiger partial charge in [0.15, 0.2) is 0 Å². The maximum atomic E-state index is 13.0. The molecule has 0 aliphatic carbocycles. The number of hydrogen-bond donors (Lipinski definition) is 0. The van der Waals surface area contributed by atoms with Gasteiger partial charge in [-0.3, -0.25) is 9.69 Å². The van der Waals surface area contributed by atoms with Gasteiger partial charge in [0.05, 0.1) is 7.11 Å². The van der Waals surface area contributed by atoms with Crippen LogP contribution in [0.5, 0.6) is 5.75 Å². The molecule has 1 aromatic heterocycles. The van der Waals surface area contributed by atoms with E-state index >= 15 is 0 Å². The molecule has 0 unspecified atom stereocenters. The Bertz CT molecular complexity index is 907. The molecule has 0 saturated carbocycles. The number of aryl methyl sites for hydroxylation is 1. The highest BCUT2D eigenvalue weighted by molar-refractivity contribution is 7.18. The molecule has 3 rings (SSSR count). The Balaban J connectivity index is 1.91. The van der Waals surface area contributed by atoms with Crippen LogP contribution in [0.25, 0.3) is 10.6 Å². The summed E-state index contributed by atoms with van der Waals surface area (Å²) in [6, 6.07) is 15.3. The summed E-state index contributed by atoms with van der Waals surface area (Å²) in [7, 11) is 1.59. The molecule has 5 nitrogen and oxygen atoms in total. The van der Waals surface area contributed by atoms with Crippen LogP contribution in [0, 0.1) is 6.92 Å². The molecule has 26 heavy (non-hydrogen) atoms. The predicted molar refractivity (Wildman–Crippen MR) is 105 cm³/mol. The summed E-state index contributed by atoms with van der Waals surface area (Å²) in [4.78, 5) is 14.7. The maximum Gasteiger partial charge on any atom is 0.260 e. The molecule has 0 saturated heterocycles. The van der Waals surface area contributed by atoms with E-state index in [0.29, 0.717) is 23.0 Å². The van der Waals surface area contributed by atoms with Crippen molar-refractivity contribution in [1.82, 2.24) is 10.2 Å². The minimum absolute atomic E-state index is 0.0994. The van der Waals surface area contributed by atoms with Gasteiger partial charge >= 0.3 is 0 Å². The van der Waals surface area contributed by atoms with Gasteiger partial charge in [-0.05, 0) is 37.6 Å². The van der Waals surface area contributed by atoms with E-state index in [-0.39, 0.29) is 5.91 Å². The number of nitrogens with zero attached hydrogens (tertiary/aromatic N) is 3. The highest BCUT2D eigenvalue weighted by atomic mass is 32.1. The molecule has 6 heteroatoms. The van der Waals surface area contributed by atoms with Crippen LogP contribution in [0.2, 0.25) is 0 Å². The molecule has 2 aromatic carbocycles. The average molecular weight is 367 g/mol. The first-order valence-electron chi connectivity index (χ1n) is 8.49. The lowest BCUT2D eigenvalue weighted by Crippen LogP contribution is -2.31. The number of methoxy groups -OCH3 is 1. The fraction of sp³-hybridized carbons (Fsp3) is 0.250. The van der Waals surface area contributed by atoms with Gasteiger partial charge in [-0.2, -0.15) is 0 Å². The van der Waals surface area contributed by atoms with Crippen LogP contribution in [0.4, 0.5) is 5.13 Å². The monoisotopic (exact) mass is 367 g/mol. The van der Waals surface area contributed by atoms with E-state index in [4.69, 9.17) is 4.74 Å². The number of aromatic nitrogens is 2. The van der Waals surface area contributed by atoms with E-state index in [1.807, 2.05) is 44.2 Å². The zero-order valence-corrected chi connectivity index (χ0v) is 15.9. The Hall–Kier alpha value is -2.73. The highest BCUT2D eigenvalue weighted by Gasteiger charge is 2.21. The third kappa shape index (κ3) is 3.91. The van der Waals surface area contributed by atoms with Crippen molar-refractivity contribution in [2.75, 3.05) is 18.6 Å². The van der Waals surface area contributed by atoms with Gasteiger partial charge in [0.1, 0.15) is 10.8 Å². The summed E-state index contributed by atoms with van der Waals surface area (Å²) >= 11 is 1.43. The Morgan fingerprint density at radius 3 is 2.69 bits per heavy atom. The second kappa shape index (κ2) is 8.10. The Labute approximate surface area is 157 Å². The van der Waals surface area contributed by atoms with E-state index < -0.39 is 0 Å². The fourth-order valence-electron chi connectivity index (χ4n) is 2.64. The summed E-state index contributed by atoms with van der Waals surface area (Å²) in [6.45, 7) is 4.66. The van der Waals surface area contributed by atoms with Crippen molar-refractivity contribution in [1.29, 1.82) is 0 Å². The lowest BCUT2D eigenvalue weighted by molar-refractivity contribution is 0.0986. The first kappa shape index (κ1) is 18.1. The molecule has 3 aromatic rings. The molecule has 0 aliphatic rings. The van der Waals surface area contributed by atoms with Gasteiger partial charge in [0.2, 0.25) is 5.13 Å². The molecular weight excluding hydrogens is 346 g/mol. The molecule has 0 fully saturated rings. The van der Waals surface area contributed by atoms with Gasteiger partial charge in [-0.1, -0.05) is 48.1 Å². The van der Waals surface area contributed by atoms with Gasteiger partial charge < -0.3 is 4.74 Å². The number of hydrogen-bond acceptors (Lipinski definition) is 5. The zero-order valence-electron chi connectivity index (χ0n) is 15.1. The van der Waals surface area contributed by atoms with E-state index in [9.17, 15) is 4.79 Å². The number of benzene rings is 2. The van der Waals surface area contributed by atoms with Crippen LogP contribution < -0.4 is 9.64 Å². The Kier molecular flexibility index (Phi) is 5.63. The van der Waals surface area contributed by atoms with Crippen molar-refractivity contribution >= 4 is 22.4 Å². The summed E-state index contributed by atoms with van der Waals surface area (Å²) in [6.07, 6.45) is 0.828. The summed E-state index contributed by atoms with van der Waals surface area (Å²) < 4.78 is 5.23. The standard InChI is InChI=1S/C20H21N3O2S/c1-4-11-23(19(24)16-9-6-10-17(13-16)25-3)20-22-21-18(26-20)15-8-5-7-14(2)12-15/h5-10,12-13H,4,11H2,1-3H3. The largest absolute Gasteiger partial charge is 0.497 e. The van der Waals surface area contributed by atoms with Crippen LogP contribution in [0.1, 0.15) is 29.3 Å². The number of carbonyl (C=O) groups is 1. The second-order valence-electron chi connectivity index (χ2n) is 5.95. The third-order valence-corrected chi connectivity index (χ3v) is 4.91. The summed E-state index contributed by atoms with van der Waals surface area (Å²) in [5.41, 5.74) is 2.75. The summed E-state index contributed by atoms with van der Waals surface area (Å²) in [5.74, 6) is 0.558. The van der Waals surface area contributed by atoms with Crippen molar-refractivity contribution < 1.29 is 9.53 Å². The molecule has 0 N–H and O–H groups in total. The molecule has 0 aliphatic heterocycles. The molecule has 0 radical (unpaired) electrons. The van der Waals surface area contributed by atoms with E-state index in [1.165, 1.54) is 11.3 Å². The van der Waals surface area contributed by atoms with Crippen molar-refractivity contribution in [2.45, 2.75) is 20.3 Å². The number of ether oxygens (including phenoxy) is 1. The minimum Gasteiger partial charge on any atom is -0.497 e. The van der Waals surface area contributed by atoms with Crippen LogP contribution in [0.3, 0.4) is 0 Å². The Morgan fingerprint density at radius 1 is 1.15 bits per heavy atom. The van der Waals surface area contributed by atoms with Crippen molar-refractivity contribution in [2.24, 2.45) is 0 Å². The number of anilines is 1. The van der Waals surface area contributed by atoms with E-state index in [0.717, 1.165) is 22.6 Å². The van der Waals surface area contributed by atoms with Crippen LogP contribution >= 0.6 is 11.3 Å². The lowest BCUT2D eigenvalue weighted by atomic mass is 10.1. The van der Waals surface area contributed by atoms with Crippen LogP contribution in [0.15, 0.2) is 48.5 Å². The summed E-state index contributed by atoms with van der Waals surface area (Å²) in [5, 5.41) is 9.98. The first-order valence-corrected chi connectivity index (χ1v) is 9.30. The molecule has 0 bridgehead atoms. The SMILES string of the molecule is CCCN(C(=O)c1cccc(OC)c1)c1nnc(-c2cccc(C)c2)s1. The third-order valence-electron chi connectivity index (χ3n) is 3.92. The van der Waals surface area contributed by atoms with Crippen LogP contribution in [-0.4, -0.2) is 29.8 Å². The zero-order chi connectivity index (χ0) is 18.5. The smallest absolute Gasteiger partial charge is 0.260 e. The lowest BCUT2D eigenvalue weighted by Gasteiger charge is -2.18. The molecule has 0 spiro atoms.